The highest BCUT2D eigenvalue weighted by atomic mass is 19.1. The minimum Gasteiger partial charge on any atom is -0.350 e. The molecule has 0 radical (unpaired) electrons. The molecule has 6 heteroatoms. The quantitative estimate of drug-likeness (QED) is 0.220. The van der Waals surface area contributed by atoms with Gasteiger partial charge in [0.15, 0.2) is 0 Å². The largest absolute Gasteiger partial charge is 0.350 e. The topological polar surface area (TPSA) is 70.2 Å². The van der Waals surface area contributed by atoms with Gasteiger partial charge in [-0.2, -0.15) is 0 Å². The van der Waals surface area contributed by atoms with E-state index >= 15 is 0 Å². The van der Waals surface area contributed by atoms with Crippen LogP contribution in [0.25, 0.3) is 10.8 Å². The van der Waals surface area contributed by atoms with E-state index in [1.54, 1.807) is 12.1 Å². The molecule has 0 heterocycles. The number of carbonyl (C=O) groups excluding carboxylic acids is 2. The van der Waals surface area contributed by atoms with Crippen molar-refractivity contribution in [1.82, 2.24) is 10.6 Å². The first-order chi connectivity index (χ1) is 19.3. The zero-order valence-corrected chi connectivity index (χ0v) is 24.8. The Hall–Kier alpha value is -4.19. The summed E-state index contributed by atoms with van der Waals surface area (Å²) in [6.07, 6.45) is 0.214. The van der Waals surface area contributed by atoms with Gasteiger partial charge in [0.25, 0.3) is 0 Å². The van der Waals surface area contributed by atoms with Gasteiger partial charge in [-0.25, -0.2) is 9.18 Å². The molecule has 4 rings (SSSR count). The van der Waals surface area contributed by atoms with Crippen molar-refractivity contribution in [2.45, 2.75) is 71.4 Å². The van der Waals surface area contributed by atoms with E-state index in [9.17, 15) is 14.0 Å². The van der Waals surface area contributed by atoms with Crippen molar-refractivity contribution in [2.75, 3.05) is 5.32 Å². The van der Waals surface area contributed by atoms with Gasteiger partial charge in [-0.05, 0) is 68.1 Å². The summed E-state index contributed by atoms with van der Waals surface area (Å²) in [5.74, 6) is -0.678. The van der Waals surface area contributed by atoms with Crippen LogP contribution in [0.2, 0.25) is 0 Å². The lowest BCUT2D eigenvalue weighted by Crippen LogP contribution is -2.49. The number of anilines is 1. The monoisotopic (exact) mass is 553 g/mol. The van der Waals surface area contributed by atoms with Crippen LogP contribution in [0.5, 0.6) is 0 Å². The van der Waals surface area contributed by atoms with E-state index in [0.29, 0.717) is 12.2 Å². The first-order valence-corrected chi connectivity index (χ1v) is 14.0. The summed E-state index contributed by atoms with van der Waals surface area (Å²) in [7, 11) is 0. The Morgan fingerprint density at radius 3 is 2.07 bits per heavy atom. The van der Waals surface area contributed by atoms with E-state index in [1.165, 1.54) is 12.1 Å². The van der Waals surface area contributed by atoms with Gasteiger partial charge in [-0.15, -0.1) is 0 Å². The second-order valence-corrected chi connectivity index (χ2v) is 12.6. The maximum Gasteiger partial charge on any atom is 0.319 e. The number of hydrogen-bond acceptors (Lipinski definition) is 2. The van der Waals surface area contributed by atoms with E-state index in [2.05, 4.69) is 69.6 Å². The third-order valence-corrected chi connectivity index (χ3v) is 7.20. The number of urea groups is 1. The summed E-state index contributed by atoms with van der Waals surface area (Å²) in [5, 5.41) is 11.1. The van der Waals surface area contributed by atoms with Crippen molar-refractivity contribution in [3.8, 4) is 0 Å². The summed E-state index contributed by atoms with van der Waals surface area (Å²) < 4.78 is 13.5. The minimum absolute atomic E-state index is 0.100. The Bertz CT molecular complexity index is 1530. The standard InChI is InChI=1S/C35H40FN3O2/c1-34(2,3)27-15-18-29(35(4,5)6)30(21-27)38-33(41)39-31(20-23-12-16-28(36)17-13-23)32(40)37-22-24-11-14-25-9-7-8-10-26(25)19-24/h7-19,21,31H,20,22H2,1-6H3,(H,37,40)(H2,38,39,41)/t31-/m1/s1. The molecule has 0 aliphatic carbocycles. The van der Waals surface area contributed by atoms with Crippen LogP contribution in [0, 0.1) is 5.82 Å². The van der Waals surface area contributed by atoms with Gasteiger partial charge in [-0.1, -0.05) is 102 Å². The number of nitrogens with one attached hydrogen (secondary N) is 3. The number of halogens is 1. The van der Waals surface area contributed by atoms with Crippen LogP contribution in [-0.2, 0) is 28.6 Å². The van der Waals surface area contributed by atoms with Gasteiger partial charge in [0.05, 0.1) is 0 Å². The number of fused-ring (bicyclic) bond motifs is 1. The first-order valence-electron chi connectivity index (χ1n) is 14.0. The van der Waals surface area contributed by atoms with E-state index < -0.39 is 12.1 Å². The number of amides is 3. The van der Waals surface area contributed by atoms with Crippen molar-refractivity contribution >= 4 is 28.4 Å². The highest BCUT2D eigenvalue weighted by Gasteiger charge is 2.25. The summed E-state index contributed by atoms with van der Waals surface area (Å²) in [4.78, 5) is 26.8. The van der Waals surface area contributed by atoms with E-state index in [-0.39, 0.29) is 29.0 Å². The predicted octanol–water partition coefficient (Wildman–Crippen LogP) is 7.62. The van der Waals surface area contributed by atoms with Crippen LogP contribution >= 0.6 is 0 Å². The fraction of sp³-hybridized carbons (Fsp3) is 0.314. The van der Waals surface area contributed by atoms with Gasteiger partial charge < -0.3 is 16.0 Å². The van der Waals surface area contributed by atoms with Gasteiger partial charge in [0.1, 0.15) is 11.9 Å². The average Bonchev–Trinajstić information content (AvgIpc) is 2.91. The lowest BCUT2D eigenvalue weighted by Gasteiger charge is -2.27. The van der Waals surface area contributed by atoms with Gasteiger partial charge in [-0.3, -0.25) is 4.79 Å². The number of benzene rings is 4. The fourth-order valence-electron chi connectivity index (χ4n) is 4.81. The van der Waals surface area contributed by atoms with E-state index in [1.807, 2.05) is 48.5 Å². The summed E-state index contributed by atoms with van der Waals surface area (Å²) in [6, 6.07) is 24.9. The van der Waals surface area contributed by atoms with Crippen molar-refractivity contribution in [2.24, 2.45) is 0 Å². The third kappa shape index (κ3) is 7.94. The Labute approximate surface area is 242 Å². The zero-order valence-electron chi connectivity index (χ0n) is 24.8. The maximum atomic E-state index is 13.5. The van der Waals surface area contributed by atoms with Crippen LogP contribution in [0.3, 0.4) is 0 Å². The molecule has 0 bridgehead atoms. The maximum absolute atomic E-state index is 13.5. The van der Waals surface area contributed by atoms with Crippen molar-refractivity contribution in [3.63, 3.8) is 0 Å². The molecule has 1 atom stereocenters. The summed E-state index contributed by atoms with van der Waals surface area (Å²) >= 11 is 0. The molecule has 0 unspecified atom stereocenters. The molecule has 0 aliphatic heterocycles. The highest BCUT2D eigenvalue weighted by Crippen LogP contribution is 2.34. The number of rotatable bonds is 7. The highest BCUT2D eigenvalue weighted by molar-refractivity contribution is 5.94. The van der Waals surface area contributed by atoms with Crippen LogP contribution in [0.15, 0.2) is 84.9 Å². The molecular weight excluding hydrogens is 513 g/mol. The molecule has 0 aliphatic rings. The molecule has 41 heavy (non-hydrogen) atoms. The lowest BCUT2D eigenvalue weighted by molar-refractivity contribution is -0.123. The Kier molecular flexibility index (Phi) is 8.81. The van der Waals surface area contributed by atoms with Crippen LogP contribution in [-0.4, -0.2) is 18.0 Å². The van der Waals surface area contributed by atoms with Crippen LogP contribution in [0.4, 0.5) is 14.9 Å². The van der Waals surface area contributed by atoms with Crippen molar-refractivity contribution < 1.29 is 14.0 Å². The zero-order chi connectivity index (χ0) is 29.8. The molecule has 3 amide bonds. The molecule has 0 saturated carbocycles. The lowest BCUT2D eigenvalue weighted by atomic mass is 9.81. The van der Waals surface area contributed by atoms with Crippen LogP contribution in [0.1, 0.15) is 63.8 Å². The Balaban J connectivity index is 1.54. The predicted molar refractivity (Wildman–Crippen MR) is 166 cm³/mol. The third-order valence-electron chi connectivity index (χ3n) is 7.20. The number of hydrogen-bond donors (Lipinski definition) is 3. The van der Waals surface area contributed by atoms with E-state index in [0.717, 1.165) is 33.0 Å². The fourth-order valence-corrected chi connectivity index (χ4v) is 4.81. The Morgan fingerprint density at radius 2 is 1.41 bits per heavy atom. The van der Waals surface area contributed by atoms with Crippen molar-refractivity contribution in [3.05, 3.63) is 113 Å². The molecule has 5 nitrogen and oxygen atoms in total. The van der Waals surface area contributed by atoms with E-state index in [4.69, 9.17) is 0 Å². The minimum atomic E-state index is -0.871. The van der Waals surface area contributed by atoms with Gasteiger partial charge in [0, 0.05) is 18.7 Å². The normalized spacial score (nSPS) is 12.6. The van der Waals surface area contributed by atoms with Gasteiger partial charge in [0.2, 0.25) is 5.91 Å². The Morgan fingerprint density at radius 1 is 0.756 bits per heavy atom. The molecule has 4 aromatic carbocycles. The number of carbonyl (C=O) groups is 2. The molecular formula is C35H40FN3O2. The SMILES string of the molecule is CC(C)(C)c1ccc(C(C)(C)C)c(NC(=O)N[C@H](Cc2ccc(F)cc2)C(=O)NCc2ccc3ccccc3c2)c1. The summed E-state index contributed by atoms with van der Waals surface area (Å²) in [5.41, 5.74) is 4.19. The molecule has 0 aromatic heterocycles. The average molecular weight is 554 g/mol. The summed E-state index contributed by atoms with van der Waals surface area (Å²) in [6.45, 7) is 13.0. The molecule has 214 valence electrons. The molecule has 4 aromatic rings. The molecule has 3 N–H and O–H groups in total. The second kappa shape index (κ2) is 12.1. The van der Waals surface area contributed by atoms with Crippen LogP contribution < -0.4 is 16.0 Å². The molecule has 0 spiro atoms. The molecule has 0 saturated heterocycles. The molecule has 0 fully saturated rings. The second-order valence-electron chi connectivity index (χ2n) is 12.6. The smallest absolute Gasteiger partial charge is 0.319 e. The van der Waals surface area contributed by atoms with Gasteiger partial charge >= 0.3 is 6.03 Å². The van der Waals surface area contributed by atoms with Crippen molar-refractivity contribution in [1.29, 1.82) is 0 Å². The first kappa shape index (κ1) is 29.8.